The molecule has 3 nitrogen and oxygen atoms in total. The predicted octanol–water partition coefficient (Wildman–Crippen LogP) is 3.14. The standard InChI is InChI=1S/C14H9F3O3/c15-14(16,17)10-4-1-8(2-5-10)9-3-6-12(18)11(7-9)13(19)20/h1-7,18H,(H,19,20)/p-1. The fourth-order valence-corrected chi connectivity index (χ4v) is 1.73. The topological polar surface area (TPSA) is 60.4 Å². The number of benzene rings is 2. The minimum atomic E-state index is -4.43. The van der Waals surface area contributed by atoms with Crippen LogP contribution < -0.4 is 5.11 Å². The Hall–Kier alpha value is -2.50. The zero-order valence-corrected chi connectivity index (χ0v) is 9.94. The molecule has 2 rings (SSSR count). The molecule has 0 aliphatic heterocycles. The number of alkyl halides is 3. The van der Waals surface area contributed by atoms with Crippen LogP contribution in [0, 0.1) is 0 Å². The zero-order chi connectivity index (χ0) is 14.9. The van der Waals surface area contributed by atoms with Gasteiger partial charge in [-0.3, -0.25) is 0 Å². The van der Waals surface area contributed by atoms with E-state index in [4.69, 9.17) is 5.11 Å². The van der Waals surface area contributed by atoms with Crippen molar-refractivity contribution in [2.45, 2.75) is 6.18 Å². The molecule has 104 valence electrons. The maximum Gasteiger partial charge on any atom is 0.416 e. The van der Waals surface area contributed by atoms with Gasteiger partial charge >= 0.3 is 12.1 Å². The Morgan fingerprint density at radius 2 is 1.55 bits per heavy atom. The van der Waals surface area contributed by atoms with Crippen molar-refractivity contribution in [1.29, 1.82) is 0 Å². The number of halogens is 3. The van der Waals surface area contributed by atoms with E-state index in [-0.39, 0.29) is 0 Å². The first-order valence-corrected chi connectivity index (χ1v) is 5.51. The number of hydrogen-bond donors (Lipinski definition) is 1. The average Bonchev–Trinajstić information content (AvgIpc) is 2.38. The van der Waals surface area contributed by atoms with Gasteiger partial charge in [0.25, 0.3) is 0 Å². The first kappa shape index (κ1) is 13.9. The molecule has 0 saturated carbocycles. The van der Waals surface area contributed by atoms with E-state index in [2.05, 4.69) is 0 Å². The second kappa shape index (κ2) is 4.88. The summed E-state index contributed by atoms with van der Waals surface area (Å²) in [6.07, 6.45) is -4.43. The van der Waals surface area contributed by atoms with Gasteiger partial charge in [0.1, 0.15) is 0 Å². The van der Waals surface area contributed by atoms with Crippen molar-refractivity contribution in [1.82, 2.24) is 0 Å². The maximum atomic E-state index is 12.4. The van der Waals surface area contributed by atoms with E-state index in [9.17, 15) is 23.1 Å². The van der Waals surface area contributed by atoms with Crippen LogP contribution in [0.4, 0.5) is 13.2 Å². The van der Waals surface area contributed by atoms with Gasteiger partial charge in [-0.1, -0.05) is 30.0 Å². The van der Waals surface area contributed by atoms with Crippen LogP contribution in [-0.2, 0) is 6.18 Å². The Labute approximate surface area is 111 Å². The van der Waals surface area contributed by atoms with Crippen molar-refractivity contribution in [2.75, 3.05) is 0 Å². The van der Waals surface area contributed by atoms with Gasteiger partial charge in [0.15, 0.2) is 0 Å². The molecule has 1 N–H and O–H groups in total. The summed E-state index contributed by atoms with van der Waals surface area (Å²) < 4.78 is 37.3. The summed E-state index contributed by atoms with van der Waals surface area (Å²) in [5.74, 6) is -2.02. The molecule has 2 aromatic carbocycles. The smallest absolute Gasteiger partial charge is 0.416 e. The van der Waals surface area contributed by atoms with Crippen LogP contribution in [0.25, 0.3) is 11.1 Å². The summed E-state index contributed by atoms with van der Waals surface area (Å²) in [6.45, 7) is 0. The minimum absolute atomic E-state index is 0.371. The van der Waals surface area contributed by atoms with E-state index < -0.39 is 29.0 Å². The zero-order valence-electron chi connectivity index (χ0n) is 9.94. The number of rotatable bonds is 2. The minimum Gasteiger partial charge on any atom is -0.872 e. The van der Waals surface area contributed by atoms with Crippen LogP contribution in [0.2, 0.25) is 0 Å². The van der Waals surface area contributed by atoms with Crippen LogP contribution in [0.1, 0.15) is 15.9 Å². The summed E-state index contributed by atoms with van der Waals surface area (Å²) in [4.78, 5) is 10.8. The highest BCUT2D eigenvalue weighted by Gasteiger charge is 2.29. The third kappa shape index (κ3) is 2.74. The van der Waals surface area contributed by atoms with Gasteiger partial charge in [0.05, 0.1) is 11.1 Å². The lowest BCUT2D eigenvalue weighted by Crippen LogP contribution is -2.05. The summed E-state index contributed by atoms with van der Waals surface area (Å²) >= 11 is 0. The number of aromatic carboxylic acids is 1. The molecule has 6 heteroatoms. The fraction of sp³-hybridized carbons (Fsp3) is 0.0714. The molecule has 0 atom stereocenters. The number of hydrogen-bond acceptors (Lipinski definition) is 2. The van der Waals surface area contributed by atoms with E-state index in [1.54, 1.807) is 0 Å². The molecule has 2 aromatic rings. The third-order valence-electron chi connectivity index (χ3n) is 2.76. The molecular formula is C14H8F3O3-. The van der Waals surface area contributed by atoms with Crippen LogP contribution in [0.15, 0.2) is 42.5 Å². The first-order chi connectivity index (χ1) is 9.29. The van der Waals surface area contributed by atoms with E-state index in [1.807, 2.05) is 0 Å². The monoisotopic (exact) mass is 281 g/mol. The number of carboxylic acids is 1. The summed E-state index contributed by atoms with van der Waals surface area (Å²) in [5, 5.41) is 20.1. The Balaban J connectivity index is 2.42. The molecule has 0 amide bonds. The van der Waals surface area contributed by atoms with Gasteiger partial charge in [-0.15, -0.1) is 0 Å². The second-order valence-corrected chi connectivity index (χ2v) is 4.09. The number of carboxylic acid groups (broad SMARTS) is 1. The van der Waals surface area contributed by atoms with Crippen LogP contribution in [0.3, 0.4) is 0 Å². The lowest BCUT2D eigenvalue weighted by molar-refractivity contribution is -0.268. The molecule has 0 spiro atoms. The largest absolute Gasteiger partial charge is 0.872 e. The predicted molar refractivity (Wildman–Crippen MR) is 63.3 cm³/mol. The summed E-state index contributed by atoms with van der Waals surface area (Å²) in [6, 6.07) is 7.87. The highest BCUT2D eigenvalue weighted by atomic mass is 19.4. The molecule has 0 aromatic heterocycles. The molecule has 0 radical (unpaired) electrons. The summed E-state index contributed by atoms with van der Waals surface area (Å²) in [5.41, 5.74) is -0.432. The van der Waals surface area contributed by atoms with Crippen molar-refractivity contribution in [3.8, 4) is 16.9 Å². The third-order valence-corrected chi connectivity index (χ3v) is 2.76. The van der Waals surface area contributed by atoms with Gasteiger partial charge in [0.2, 0.25) is 0 Å². The van der Waals surface area contributed by atoms with Crippen molar-refractivity contribution >= 4 is 5.97 Å². The lowest BCUT2D eigenvalue weighted by Gasteiger charge is -2.12. The van der Waals surface area contributed by atoms with Crippen LogP contribution in [-0.4, -0.2) is 11.1 Å². The molecule has 0 fully saturated rings. The Morgan fingerprint density at radius 1 is 1.00 bits per heavy atom. The lowest BCUT2D eigenvalue weighted by atomic mass is 10.0. The van der Waals surface area contributed by atoms with E-state index in [0.29, 0.717) is 11.1 Å². The highest BCUT2D eigenvalue weighted by Crippen LogP contribution is 2.31. The van der Waals surface area contributed by atoms with Gasteiger partial charge < -0.3 is 10.2 Å². The van der Waals surface area contributed by atoms with Crippen LogP contribution in [0.5, 0.6) is 5.75 Å². The Kier molecular flexibility index (Phi) is 3.40. The highest BCUT2D eigenvalue weighted by molar-refractivity contribution is 5.92. The van der Waals surface area contributed by atoms with Gasteiger partial charge in [-0.25, -0.2) is 4.79 Å². The Bertz CT molecular complexity index is 646. The van der Waals surface area contributed by atoms with Crippen LogP contribution >= 0.6 is 0 Å². The normalized spacial score (nSPS) is 11.3. The quantitative estimate of drug-likeness (QED) is 0.919. The van der Waals surface area contributed by atoms with Crippen molar-refractivity contribution < 1.29 is 28.2 Å². The number of carbonyl (C=O) groups is 1. The Morgan fingerprint density at radius 3 is 2.05 bits per heavy atom. The molecule has 0 saturated heterocycles. The molecular weight excluding hydrogens is 273 g/mol. The molecule has 0 heterocycles. The van der Waals surface area contributed by atoms with Gasteiger partial charge in [-0.2, -0.15) is 13.2 Å². The molecule has 0 aliphatic rings. The molecule has 0 unspecified atom stereocenters. The molecule has 0 bridgehead atoms. The van der Waals surface area contributed by atoms with E-state index >= 15 is 0 Å². The van der Waals surface area contributed by atoms with E-state index in [0.717, 1.165) is 24.3 Å². The van der Waals surface area contributed by atoms with Crippen molar-refractivity contribution in [3.63, 3.8) is 0 Å². The van der Waals surface area contributed by atoms with Gasteiger partial charge in [0, 0.05) is 0 Å². The van der Waals surface area contributed by atoms with Crippen molar-refractivity contribution in [3.05, 3.63) is 53.6 Å². The van der Waals surface area contributed by atoms with E-state index in [1.165, 1.54) is 18.2 Å². The van der Waals surface area contributed by atoms with Gasteiger partial charge in [-0.05, 0) is 29.3 Å². The fourth-order valence-electron chi connectivity index (χ4n) is 1.73. The second-order valence-electron chi connectivity index (χ2n) is 4.09. The average molecular weight is 281 g/mol. The van der Waals surface area contributed by atoms with Crippen molar-refractivity contribution in [2.24, 2.45) is 0 Å². The molecule has 20 heavy (non-hydrogen) atoms. The first-order valence-electron chi connectivity index (χ1n) is 5.51. The summed E-state index contributed by atoms with van der Waals surface area (Å²) in [7, 11) is 0. The SMILES string of the molecule is O=C(O)c1cc(-c2ccc(C(F)(F)F)cc2)ccc1[O-]. The maximum absolute atomic E-state index is 12.4. The molecule has 0 aliphatic carbocycles.